The summed E-state index contributed by atoms with van der Waals surface area (Å²) in [5.41, 5.74) is 0.969. The second kappa shape index (κ2) is 6.38. The summed E-state index contributed by atoms with van der Waals surface area (Å²) in [6, 6.07) is 12.5. The van der Waals surface area contributed by atoms with Crippen LogP contribution in [0, 0.1) is 11.3 Å². The molecule has 0 saturated carbocycles. The van der Waals surface area contributed by atoms with Crippen molar-refractivity contribution in [1.82, 2.24) is 5.32 Å². The third-order valence-corrected chi connectivity index (χ3v) is 2.49. The Balaban J connectivity index is 1.83. The fourth-order valence-electron chi connectivity index (χ4n) is 1.60. The predicted molar refractivity (Wildman–Crippen MR) is 70.2 cm³/mol. The molecule has 19 heavy (non-hydrogen) atoms. The van der Waals surface area contributed by atoms with Gasteiger partial charge in [-0.3, -0.25) is 4.79 Å². The number of furan rings is 1. The zero-order valence-electron chi connectivity index (χ0n) is 10.2. The van der Waals surface area contributed by atoms with Crippen LogP contribution in [0.4, 0.5) is 5.69 Å². The molecule has 0 aliphatic carbocycles. The van der Waals surface area contributed by atoms with Gasteiger partial charge in [0.25, 0.3) is 0 Å². The van der Waals surface area contributed by atoms with E-state index >= 15 is 0 Å². The summed E-state index contributed by atoms with van der Waals surface area (Å²) in [7, 11) is 0. The molecule has 0 aliphatic heterocycles. The summed E-state index contributed by atoms with van der Waals surface area (Å²) in [5.74, 6) is 0.569. The normalized spacial score (nSPS) is 9.84. The molecule has 2 N–H and O–H groups in total. The third kappa shape index (κ3) is 3.69. The maximum absolute atomic E-state index is 11.7. The first-order valence-corrected chi connectivity index (χ1v) is 5.81. The summed E-state index contributed by atoms with van der Waals surface area (Å²) in [4.78, 5) is 11.7. The van der Waals surface area contributed by atoms with Crippen LogP contribution in [0.25, 0.3) is 0 Å². The Kier molecular flexibility index (Phi) is 4.32. The Morgan fingerprint density at radius 3 is 2.84 bits per heavy atom. The highest BCUT2D eigenvalue weighted by atomic mass is 16.3. The van der Waals surface area contributed by atoms with Gasteiger partial charge >= 0.3 is 0 Å². The van der Waals surface area contributed by atoms with Crippen LogP contribution < -0.4 is 10.6 Å². The number of hydrogen-bond donors (Lipinski definition) is 2. The Morgan fingerprint density at radius 1 is 1.26 bits per heavy atom. The van der Waals surface area contributed by atoms with E-state index in [1.807, 2.05) is 12.1 Å². The number of nitriles is 1. The highest BCUT2D eigenvalue weighted by Crippen LogP contribution is 2.12. The van der Waals surface area contributed by atoms with Gasteiger partial charge in [-0.1, -0.05) is 12.1 Å². The quantitative estimate of drug-likeness (QED) is 0.855. The molecule has 0 atom stereocenters. The maximum Gasteiger partial charge on any atom is 0.238 e. The molecule has 96 valence electrons. The van der Waals surface area contributed by atoms with Gasteiger partial charge in [0.2, 0.25) is 5.91 Å². The molecular formula is C14H13N3O2. The summed E-state index contributed by atoms with van der Waals surface area (Å²) in [5, 5.41) is 14.5. The van der Waals surface area contributed by atoms with Gasteiger partial charge in [-0.05, 0) is 24.3 Å². The number of nitrogens with one attached hydrogen (secondary N) is 2. The van der Waals surface area contributed by atoms with Crippen molar-refractivity contribution in [2.45, 2.75) is 6.54 Å². The number of hydrogen-bond acceptors (Lipinski definition) is 4. The van der Waals surface area contributed by atoms with Gasteiger partial charge in [0.1, 0.15) is 11.8 Å². The first kappa shape index (κ1) is 12.9. The van der Waals surface area contributed by atoms with Crippen molar-refractivity contribution in [3.63, 3.8) is 0 Å². The number of carbonyl (C=O) groups is 1. The molecule has 2 aromatic rings. The molecule has 5 heteroatoms. The minimum atomic E-state index is -0.200. The molecule has 1 amide bonds. The number of benzene rings is 1. The summed E-state index contributed by atoms with van der Waals surface area (Å²) in [6.07, 6.45) is 1.58. The Hall–Kier alpha value is -2.58. The Morgan fingerprint density at radius 2 is 2.11 bits per heavy atom. The first-order valence-electron chi connectivity index (χ1n) is 5.81. The highest BCUT2D eigenvalue weighted by Gasteiger charge is 2.06. The molecule has 1 aromatic carbocycles. The molecule has 1 aromatic heterocycles. The van der Waals surface area contributed by atoms with Crippen molar-refractivity contribution in [3.05, 3.63) is 54.0 Å². The first-order chi connectivity index (χ1) is 9.29. The Labute approximate surface area is 110 Å². The van der Waals surface area contributed by atoms with Crippen molar-refractivity contribution in [2.24, 2.45) is 0 Å². The van der Waals surface area contributed by atoms with E-state index in [-0.39, 0.29) is 12.5 Å². The molecule has 1 heterocycles. The fourth-order valence-corrected chi connectivity index (χ4v) is 1.60. The number of rotatable bonds is 5. The molecule has 0 unspecified atom stereocenters. The average Bonchev–Trinajstić information content (AvgIpc) is 2.92. The summed E-state index contributed by atoms with van der Waals surface area (Å²) < 4.78 is 5.13. The molecular weight excluding hydrogens is 242 g/mol. The number of para-hydroxylation sites is 1. The van der Waals surface area contributed by atoms with Crippen LogP contribution in [0.2, 0.25) is 0 Å². The monoisotopic (exact) mass is 255 g/mol. The van der Waals surface area contributed by atoms with Crippen LogP contribution in [-0.4, -0.2) is 12.5 Å². The van der Waals surface area contributed by atoms with Crippen LogP contribution >= 0.6 is 0 Å². The lowest BCUT2D eigenvalue weighted by molar-refractivity contribution is -0.115. The topological polar surface area (TPSA) is 78.1 Å². The van der Waals surface area contributed by atoms with Crippen molar-refractivity contribution < 1.29 is 9.21 Å². The van der Waals surface area contributed by atoms with Crippen LogP contribution in [0.3, 0.4) is 0 Å². The standard InChI is InChI=1S/C14H13N3O2/c15-8-11-4-1-2-6-13(11)17-14(18)10-16-9-12-5-3-7-19-12/h1-7,16H,9-10H2,(H,17,18). The number of anilines is 1. The Bertz CT molecular complexity index is 585. The highest BCUT2D eigenvalue weighted by molar-refractivity contribution is 5.93. The summed E-state index contributed by atoms with van der Waals surface area (Å²) in [6.45, 7) is 0.640. The van der Waals surface area contributed by atoms with Crippen molar-refractivity contribution >= 4 is 11.6 Å². The number of carbonyl (C=O) groups excluding carboxylic acids is 1. The lowest BCUT2D eigenvalue weighted by Gasteiger charge is -2.07. The zero-order valence-corrected chi connectivity index (χ0v) is 10.2. The van der Waals surface area contributed by atoms with Crippen LogP contribution in [0.15, 0.2) is 47.1 Å². The average molecular weight is 255 g/mol. The lowest BCUT2D eigenvalue weighted by atomic mass is 10.2. The van der Waals surface area contributed by atoms with Gasteiger partial charge in [-0.2, -0.15) is 5.26 Å². The van der Waals surface area contributed by atoms with Crippen LogP contribution in [-0.2, 0) is 11.3 Å². The minimum absolute atomic E-state index is 0.153. The van der Waals surface area contributed by atoms with Crippen LogP contribution in [0.1, 0.15) is 11.3 Å². The molecule has 0 spiro atoms. The minimum Gasteiger partial charge on any atom is -0.468 e. The van der Waals surface area contributed by atoms with E-state index in [0.717, 1.165) is 5.76 Å². The van der Waals surface area contributed by atoms with Gasteiger partial charge in [0.15, 0.2) is 0 Å². The zero-order chi connectivity index (χ0) is 13.5. The van der Waals surface area contributed by atoms with Gasteiger partial charge in [0, 0.05) is 0 Å². The maximum atomic E-state index is 11.7. The molecule has 5 nitrogen and oxygen atoms in total. The van der Waals surface area contributed by atoms with Crippen molar-refractivity contribution in [2.75, 3.05) is 11.9 Å². The predicted octanol–water partition coefficient (Wildman–Crippen LogP) is 1.88. The molecule has 0 aliphatic rings. The van der Waals surface area contributed by atoms with E-state index in [9.17, 15) is 4.79 Å². The van der Waals surface area contributed by atoms with E-state index in [1.54, 1.807) is 36.6 Å². The molecule has 0 bridgehead atoms. The fraction of sp³-hybridized carbons (Fsp3) is 0.143. The van der Waals surface area contributed by atoms with Crippen molar-refractivity contribution in [3.8, 4) is 6.07 Å². The second-order valence-electron chi connectivity index (χ2n) is 3.89. The van der Waals surface area contributed by atoms with E-state index in [1.165, 1.54) is 0 Å². The van der Waals surface area contributed by atoms with E-state index in [0.29, 0.717) is 17.8 Å². The number of nitrogens with zero attached hydrogens (tertiary/aromatic N) is 1. The molecule has 2 rings (SSSR count). The SMILES string of the molecule is N#Cc1ccccc1NC(=O)CNCc1ccco1. The molecule has 0 radical (unpaired) electrons. The number of amides is 1. The smallest absolute Gasteiger partial charge is 0.238 e. The van der Waals surface area contributed by atoms with Gasteiger partial charge in [-0.15, -0.1) is 0 Å². The van der Waals surface area contributed by atoms with Crippen LogP contribution in [0.5, 0.6) is 0 Å². The largest absolute Gasteiger partial charge is 0.468 e. The summed E-state index contributed by atoms with van der Waals surface area (Å²) >= 11 is 0. The van der Waals surface area contributed by atoms with Gasteiger partial charge in [-0.25, -0.2) is 0 Å². The van der Waals surface area contributed by atoms with E-state index in [2.05, 4.69) is 10.6 Å². The van der Waals surface area contributed by atoms with E-state index < -0.39 is 0 Å². The van der Waals surface area contributed by atoms with Crippen molar-refractivity contribution in [1.29, 1.82) is 5.26 Å². The van der Waals surface area contributed by atoms with Gasteiger partial charge in [0.05, 0.1) is 30.6 Å². The van der Waals surface area contributed by atoms with E-state index in [4.69, 9.17) is 9.68 Å². The molecule has 0 saturated heterocycles. The third-order valence-electron chi connectivity index (χ3n) is 2.49. The van der Waals surface area contributed by atoms with Gasteiger partial charge < -0.3 is 15.1 Å². The lowest BCUT2D eigenvalue weighted by Crippen LogP contribution is -2.27. The molecule has 0 fully saturated rings. The second-order valence-corrected chi connectivity index (χ2v) is 3.89.